The van der Waals surface area contributed by atoms with Crippen molar-refractivity contribution >= 4 is 35.4 Å². The van der Waals surface area contributed by atoms with Gasteiger partial charge in [0.15, 0.2) is 0 Å². The Hall–Kier alpha value is -4.76. The number of esters is 4. The van der Waals surface area contributed by atoms with Crippen LogP contribution in [0, 0.1) is 0 Å². The number of rotatable bonds is 6. The van der Waals surface area contributed by atoms with E-state index in [0.717, 1.165) is 0 Å². The number of carbonyl (C=O) groups is 6. The molecule has 0 N–H and O–H groups in total. The van der Waals surface area contributed by atoms with E-state index in [1.165, 1.54) is 61.1 Å². The smallest absolute Gasteiger partial charge is 0.387 e. The van der Waals surface area contributed by atoms with Gasteiger partial charge in [0, 0.05) is 30.6 Å². The summed E-state index contributed by atoms with van der Waals surface area (Å²) in [7, 11) is 0. The van der Waals surface area contributed by atoms with Gasteiger partial charge in [-0.25, -0.2) is 19.2 Å². The van der Waals surface area contributed by atoms with Crippen LogP contribution in [0.25, 0.3) is 0 Å². The Morgan fingerprint density at radius 2 is 0.838 bits per heavy atom. The summed E-state index contributed by atoms with van der Waals surface area (Å²) in [4.78, 5) is 68.7. The van der Waals surface area contributed by atoms with E-state index < -0.39 is 35.4 Å². The first-order chi connectivity index (χ1) is 17.4. The number of benzene rings is 2. The summed E-state index contributed by atoms with van der Waals surface area (Å²) < 4.78 is 18.3. The van der Waals surface area contributed by atoms with Crippen LogP contribution >= 0.6 is 0 Å². The van der Waals surface area contributed by atoms with Gasteiger partial charge in [-0.1, -0.05) is 60.7 Å². The molecular weight excluding hydrogens is 538 g/mol. The Balaban J connectivity index is 0.000000253. The first-order valence-electron chi connectivity index (χ1n) is 10.2. The fourth-order valence-corrected chi connectivity index (χ4v) is 2.57. The summed E-state index contributed by atoms with van der Waals surface area (Å²) in [5, 5.41) is 0. The third-order valence-electron chi connectivity index (χ3n) is 4.26. The summed E-state index contributed by atoms with van der Waals surface area (Å²) >= 11 is 0. The number of carbonyl (C=O) groups excluding carboxylic acids is 6. The maximum Gasteiger partial charge on any atom is 0.387 e. The molecule has 0 unspecified atom stereocenters. The van der Waals surface area contributed by atoms with Gasteiger partial charge < -0.3 is 18.3 Å². The summed E-state index contributed by atoms with van der Waals surface area (Å²) in [5.41, 5.74) is 0.324. The van der Waals surface area contributed by atoms with Gasteiger partial charge in [-0.3, -0.25) is 9.59 Å². The quantitative estimate of drug-likeness (QED) is 0.114. The largest absolute Gasteiger partial charge is 0.457 e. The predicted molar refractivity (Wildman–Crippen MR) is 120 cm³/mol. The predicted octanol–water partition coefficient (Wildman–Crippen LogP) is 3.69. The topological polar surface area (TPSA) is 147 Å². The zero-order chi connectivity index (χ0) is 25.9. The monoisotopic (exact) mass is 552 g/mol. The number of ketones is 2. The van der Waals surface area contributed by atoms with Crippen molar-refractivity contribution in [3.63, 3.8) is 0 Å². The molecule has 2 heterocycles. The van der Waals surface area contributed by atoms with Crippen molar-refractivity contribution in [1.29, 1.82) is 0 Å². The van der Waals surface area contributed by atoms with E-state index in [0.29, 0.717) is 0 Å². The Morgan fingerprint density at radius 3 is 1.14 bits per heavy atom. The molecule has 37 heavy (non-hydrogen) atoms. The van der Waals surface area contributed by atoms with Crippen molar-refractivity contribution < 1.29 is 66.6 Å². The van der Waals surface area contributed by atoms with Crippen molar-refractivity contribution in [1.82, 2.24) is 0 Å². The van der Waals surface area contributed by atoms with E-state index in [4.69, 9.17) is 8.83 Å². The number of hydrogen-bond donors (Lipinski definition) is 0. The Bertz CT molecular complexity index is 1250. The zero-order valence-electron chi connectivity index (χ0n) is 19.0. The summed E-state index contributed by atoms with van der Waals surface area (Å²) in [6, 6.07) is 21.3. The van der Waals surface area contributed by atoms with E-state index in [-0.39, 0.29) is 42.1 Å². The number of hydrogen-bond acceptors (Lipinski definition) is 10. The van der Waals surface area contributed by atoms with E-state index in [9.17, 15) is 28.8 Å². The average Bonchev–Trinajstić information content (AvgIpc) is 3.64. The van der Waals surface area contributed by atoms with Crippen LogP contribution in [0.3, 0.4) is 0 Å². The molecular formula is C26H16O10Zn. The van der Waals surface area contributed by atoms with Crippen LogP contribution in [0.2, 0.25) is 0 Å². The molecule has 0 spiro atoms. The number of ether oxygens (including phenoxy) is 2. The minimum Gasteiger partial charge on any atom is -0.457 e. The van der Waals surface area contributed by atoms with Crippen molar-refractivity contribution in [3.05, 3.63) is 120 Å². The van der Waals surface area contributed by atoms with E-state index >= 15 is 0 Å². The second-order valence-electron chi connectivity index (χ2n) is 6.70. The third kappa shape index (κ3) is 8.15. The van der Waals surface area contributed by atoms with Crippen LogP contribution in [0.4, 0.5) is 0 Å². The van der Waals surface area contributed by atoms with Crippen LogP contribution in [0.1, 0.15) is 41.8 Å². The Labute approximate surface area is 221 Å². The Kier molecular flexibility index (Phi) is 10.7. The molecule has 2 aromatic heterocycles. The van der Waals surface area contributed by atoms with Gasteiger partial charge in [0.25, 0.3) is 11.6 Å². The van der Waals surface area contributed by atoms with Crippen molar-refractivity contribution in [3.8, 4) is 0 Å². The molecule has 11 heteroatoms. The van der Waals surface area contributed by atoms with Gasteiger partial charge in [-0.05, 0) is 24.3 Å². The molecule has 0 amide bonds. The molecule has 0 fully saturated rings. The molecule has 182 valence electrons. The molecule has 0 atom stereocenters. The van der Waals surface area contributed by atoms with Gasteiger partial charge in [0.2, 0.25) is 11.5 Å². The van der Waals surface area contributed by atoms with Crippen LogP contribution in [-0.2, 0) is 38.5 Å². The van der Waals surface area contributed by atoms with Gasteiger partial charge in [0.1, 0.15) is 0 Å². The average molecular weight is 554 g/mol. The molecule has 0 radical (unpaired) electrons. The van der Waals surface area contributed by atoms with Crippen LogP contribution in [0.5, 0.6) is 0 Å². The van der Waals surface area contributed by atoms with Crippen LogP contribution in [-0.4, -0.2) is 35.4 Å². The molecule has 10 nitrogen and oxygen atoms in total. The van der Waals surface area contributed by atoms with Gasteiger partial charge in [-0.2, -0.15) is 0 Å². The molecule has 4 rings (SSSR count). The summed E-state index contributed by atoms with van der Waals surface area (Å²) in [6.07, 6.45) is 2.53. The first kappa shape index (κ1) is 28.5. The molecule has 4 aromatic rings. The van der Waals surface area contributed by atoms with E-state index in [1.54, 1.807) is 36.4 Å². The SMILES string of the molecule is O=C(OC(=O)c1ccco1)C(=O)c1ccccc1.O=C(OC(=O)c1ccco1)C(=O)c1ccccc1.[Zn]. The fourth-order valence-electron chi connectivity index (χ4n) is 2.57. The molecule has 2 aromatic carbocycles. The molecule has 0 saturated carbocycles. The van der Waals surface area contributed by atoms with Gasteiger partial charge in [0.05, 0.1) is 12.5 Å². The number of furan rings is 2. The van der Waals surface area contributed by atoms with Crippen molar-refractivity contribution in [2.45, 2.75) is 0 Å². The molecule has 0 aliphatic heterocycles. The van der Waals surface area contributed by atoms with Gasteiger partial charge >= 0.3 is 23.9 Å². The first-order valence-corrected chi connectivity index (χ1v) is 10.2. The minimum absolute atomic E-state index is 0. The number of Topliss-reactive ketones (excluding diaryl/α,β-unsaturated/α-hetero) is 2. The maximum atomic E-state index is 11.6. The van der Waals surface area contributed by atoms with Crippen LogP contribution < -0.4 is 0 Å². The molecule has 0 aliphatic carbocycles. The summed E-state index contributed by atoms with van der Waals surface area (Å²) in [6.45, 7) is 0. The van der Waals surface area contributed by atoms with Crippen molar-refractivity contribution in [2.24, 2.45) is 0 Å². The fraction of sp³-hybridized carbons (Fsp3) is 0. The standard InChI is InChI=1S/2C13H8O5.Zn/c2*14-11(9-5-2-1-3-6-9)13(16)18-12(15)10-7-4-8-17-10;/h2*1-8H;. The van der Waals surface area contributed by atoms with Crippen molar-refractivity contribution in [2.75, 3.05) is 0 Å². The van der Waals surface area contributed by atoms with E-state index in [1.807, 2.05) is 0 Å². The zero-order valence-corrected chi connectivity index (χ0v) is 22.0. The van der Waals surface area contributed by atoms with E-state index in [2.05, 4.69) is 9.47 Å². The second-order valence-corrected chi connectivity index (χ2v) is 6.70. The van der Waals surface area contributed by atoms with Gasteiger partial charge in [-0.15, -0.1) is 0 Å². The molecule has 0 bridgehead atoms. The third-order valence-corrected chi connectivity index (χ3v) is 4.26. The minimum atomic E-state index is -1.23. The Morgan fingerprint density at radius 1 is 0.486 bits per heavy atom. The van der Waals surface area contributed by atoms with Crippen LogP contribution in [0.15, 0.2) is 106 Å². The second kappa shape index (κ2) is 14.0. The molecule has 0 saturated heterocycles. The summed E-state index contributed by atoms with van der Waals surface area (Å²) in [5.74, 6) is -6.48. The molecule has 0 aliphatic rings. The normalized spacial score (nSPS) is 9.51. The maximum absolute atomic E-state index is 11.6.